The molecule has 3 unspecified atom stereocenters. The fraction of sp³-hybridized carbons (Fsp3) is 1.00. The third-order valence-corrected chi connectivity index (χ3v) is 4.11. The van der Waals surface area contributed by atoms with Crippen molar-refractivity contribution in [1.82, 2.24) is 10.2 Å². The normalized spacial score (nSPS) is 36.8. The van der Waals surface area contributed by atoms with E-state index in [4.69, 9.17) is 4.74 Å². The number of rotatable bonds is 4. The molecule has 3 nitrogen and oxygen atoms in total. The first-order valence-electron chi connectivity index (χ1n) is 6.91. The second-order valence-corrected chi connectivity index (χ2v) is 5.11. The van der Waals surface area contributed by atoms with Gasteiger partial charge in [0, 0.05) is 25.7 Å². The van der Waals surface area contributed by atoms with Crippen molar-refractivity contribution in [3.05, 3.63) is 0 Å². The molecule has 3 atom stereocenters. The van der Waals surface area contributed by atoms with Gasteiger partial charge in [0.05, 0.1) is 6.10 Å². The molecular formula is C13H26N2O. The molecule has 2 aliphatic rings. The van der Waals surface area contributed by atoms with Crippen LogP contribution in [0.3, 0.4) is 0 Å². The topological polar surface area (TPSA) is 24.5 Å². The van der Waals surface area contributed by atoms with Crippen LogP contribution in [0.25, 0.3) is 0 Å². The average molecular weight is 226 g/mol. The van der Waals surface area contributed by atoms with Gasteiger partial charge in [0.1, 0.15) is 0 Å². The third-order valence-electron chi connectivity index (χ3n) is 4.11. The summed E-state index contributed by atoms with van der Waals surface area (Å²) in [6, 6.07) is 0.758. The van der Waals surface area contributed by atoms with Gasteiger partial charge in [-0.3, -0.25) is 4.90 Å². The zero-order valence-electron chi connectivity index (χ0n) is 10.7. The van der Waals surface area contributed by atoms with E-state index in [0.717, 1.165) is 25.1 Å². The molecule has 0 aromatic heterocycles. The number of hydrogen-bond donors (Lipinski definition) is 1. The number of hydrogen-bond acceptors (Lipinski definition) is 3. The Morgan fingerprint density at radius 1 is 1.31 bits per heavy atom. The standard InChI is InChI=1S/C13H26N2O/c1-3-11-8-14-9-13(11)15-7-5-6-12(10-15)16-4-2/h11-14H,3-10H2,1-2H3. The number of nitrogens with zero attached hydrogens (tertiary/aromatic N) is 1. The lowest BCUT2D eigenvalue weighted by Gasteiger charge is -2.38. The maximum Gasteiger partial charge on any atom is 0.0702 e. The molecule has 2 aliphatic heterocycles. The smallest absolute Gasteiger partial charge is 0.0702 e. The summed E-state index contributed by atoms with van der Waals surface area (Å²) in [5.74, 6) is 0.848. The van der Waals surface area contributed by atoms with Crippen LogP contribution in [0.15, 0.2) is 0 Å². The fourth-order valence-corrected chi connectivity index (χ4v) is 3.20. The second-order valence-electron chi connectivity index (χ2n) is 5.11. The zero-order valence-corrected chi connectivity index (χ0v) is 10.7. The molecule has 0 saturated carbocycles. The molecule has 0 aromatic rings. The van der Waals surface area contributed by atoms with E-state index in [1.807, 2.05) is 0 Å². The molecule has 0 amide bonds. The first kappa shape index (κ1) is 12.3. The molecule has 3 heteroatoms. The minimum atomic E-state index is 0.483. The summed E-state index contributed by atoms with van der Waals surface area (Å²) in [6.45, 7) is 10.1. The first-order chi connectivity index (χ1) is 7.85. The van der Waals surface area contributed by atoms with Crippen LogP contribution in [0.1, 0.15) is 33.1 Å². The largest absolute Gasteiger partial charge is 0.377 e. The highest BCUT2D eigenvalue weighted by Crippen LogP contribution is 2.23. The van der Waals surface area contributed by atoms with Gasteiger partial charge in [-0.15, -0.1) is 0 Å². The highest BCUT2D eigenvalue weighted by molar-refractivity contribution is 4.90. The van der Waals surface area contributed by atoms with E-state index in [0.29, 0.717) is 6.10 Å². The SMILES string of the molecule is CCOC1CCCN(C2CNCC2CC)C1. The van der Waals surface area contributed by atoms with Gasteiger partial charge in [-0.25, -0.2) is 0 Å². The van der Waals surface area contributed by atoms with Crippen LogP contribution in [0.5, 0.6) is 0 Å². The molecular weight excluding hydrogens is 200 g/mol. The van der Waals surface area contributed by atoms with E-state index >= 15 is 0 Å². The predicted octanol–water partition coefficient (Wildman–Crippen LogP) is 1.49. The molecule has 0 bridgehead atoms. The van der Waals surface area contributed by atoms with Crippen LogP contribution in [-0.2, 0) is 4.74 Å². The van der Waals surface area contributed by atoms with E-state index in [1.165, 1.54) is 38.9 Å². The lowest BCUT2D eigenvalue weighted by molar-refractivity contribution is -0.0106. The van der Waals surface area contributed by atoms with Crippen LogP contribution in [-0.4, -0.2) is 49.8 Å². The van der Waals surface area contributed by atoms with Gasteiger partial charge in [-0.05, 0) is 38.8 Å². The monoisotopic (exact) mass is 226 g/mol. The number of ether oxygens (including phenoxy) is 1. The predicted molar refractivity (Wildman–Crippen MR) is 66.7 cm³/mol. The average Bonchev–Trinajstić information content (AvgIpc) is 2.78. The van der Waals surface area contributed by atoms with Crippen molar-refractivity contribution in [1.29, 1.82) is 0 Å². The summed E-state index contributed by atoms with van der Waals surface area (Å²) in [5, 5.41) is 3.53. The summed E-state index contributed by atoms with van der Waals surface area (Å²) in [5.41, 5.74) is 0. The Bertz CT molecular complexity index is 208. The van der Waals surface area contributed by atoms with Crippen LogP contribution in [0, 0.1) is 5.92 Å². The van der Waals surface area contributed by atoms with Gasteiger partial charge < -0.3 is 10.1 Å². The van der Waals surface area contributed by atoms with E-state index in [9.17, 15) is 0 Å². The lowest BCUT2D eigenvalue weighted by Crippen LogP contribution is -2.48. The quantitative estimate of drug-likeness (QED) is 0.786. The Kier molecular flexibility index (Phi) is 4.62. The van der Waals surface area contributed by atoms with E-state index in [-0.39, 0.29) is 0 Å². The Morgan fingerprint density at radius 2 is 2.19 bits per heavy atom. The van der Waals surface area contributed by atoms with Crippen molar-refractivity contribution < 1.29 is 4.74 Å². The van der Waals surface area contributed by atoms with E-state index in [1.54, 1.807) is 0 Å². The van der Waals surface area contributed by atoms with Gasteiger partial charge >= 0.3 is 0 Å². The van der Waals surface area contributed by atoms with E-state index < -0.39 is 0 Å². The lowest BCUT2D eigenvalue weighted by atomic mass is 9.96. The number of likely N-dealkylation sites (tertiary alicyclic amines) is 1. The highest BCUT2D eigenvalue weighted by Gasteiger charge is 2.33. The summed E-state index contributed by atoms with van der Waals surface area (Å²) in [7, 11) is 0. The molecule has 0 aliphatic carbocycles. The van der Waals surface area contributed by atoms with Gasteiger partial charge in [-0.2, -0.15) is 0 Å². The van der Waals surface area contributed by atoms with Crippen molar-refractivity contribution in [2.75, 3.05) is 32.8 Å². The Hall–Kier alpha value is -0.120. The molecule has 94 valence electrons. The molecule has 1 N–H and O–H groups in total. The van der Waals surface area contributed by atoms with Crippen molar-refractivity contribution in [2.24, 2.45) is 5.92 Å². The van der Waals surface area contributed by atoms with Gasteiger partial charge in [0.15, 0.2) is 0 Å². The minimum Gasteiger partial charge on any atom is -0.377 e. The zero-order chi connectivity index (χ0) is 11.4. The maximum atomic E-state index is 5.78. The van der Waals surface area contributed by atoms with Crippen LogP contribution >= 0.6 is 0 Å². The molecule has 0 aromatic carbocycles. The minimum absolute atomic E-state index is 0.483. The van der Waals surface area contributed by atoms with Gasteiger partial charge in [-0.1, -0.05) is 13.3 Å². The highest BCUT2D eigenvalue weighted by atomic mass is 16.5. The Labute approximate surface area is 99.5 Å². The number of piperidine rings is 1. The molecule has 2 saturated heterocycles. The Morgan fingerprint density at radius 3 is 2.94 bits per heavy atom. The van der Waals surface area contributed by atoms with Crippen molar-refractivity contribution >= 4 is 0 Å². The first-order valence-corrected chi connectivity index (χ1v) is 6.91. The molecule has 2 heterocycles. The maximum absolute atomic E-state index is 5.78. The molecule has 16 heavy (non-hydrogen) atoms. The van der Waals surface area contributed by atoms with Crippen LogP contribution in [0.2, 0.25) is 0 Å². The number of nitrogens with one attached hydrogen (secondary N) is 1. The summed E-state index contributed by atoms with van der Waals surface area (Å²) < 4.78 is 5.78. The van der Waals surface area contributed by atoms with Crippen molar-refractivity contribution in [3.8, 4) is 0 Å². The fourth-order valence-electron chi connectivity index (χ4n) is 3.20. The molecule has 0 spiro atoms. The van der Waals surface area contributed by atoms with Crippen molar-refractivity contribution in [2.45, 2.75) is 45.3 Å². The summed E-state index contributed by atoms with van der Waals surface area (Å²) >= 11 is 0. The van der Waals surface area contributed by atoms with Crippen LogP contribution in [0.4, 0.5) is 0 Å². The second kappa shape index (κ2) is 5.99. The van der Waals surface area contributed by atoms with Crippen LogP contribution < -0.4 is 5.32 Å². The molecule has 0 radical (unpaired) electrons. The van der Waals surface area contributed by atoms with Crippen molar-refractivity contribution in [3.63, 3.8) is 0 Å². The molecule has 2 rings (SSSR count). The summed E-state index contributed by atoms with van der Waals surface area (Å²) in [4.78, 5) is 2.66. The molecule has 2 fully saturated rings. The van der Waals surface area contributed by atoms with Gasteiger partial charge in [0.2, 0.25) is 0 Å². The van der Waals surface area contributed by atoms with E-state index in [2.05, 4.69) is 24.1 Å². The Balaban J connectivity index is 1.88. The summed E-state index contributed by atoms with van der Waals surface area (Å²) in [6.07, 6.45) is 4.34. The third kappa shape index (κ3) is 2.76. The van der Waals surface area contributed by atoms with Gasteiger partial charge in [0.25, 0.3) is 0 Å².